The maximum absolute atomic E-state index is 11.7. The molecular weight excluding hydrogens is 260 g/mol. The summed E-state index contributed by atoms with van der Waals surface area (Å²) in [6.45, 7) is 12.7. The largest absolute Gasteiger partial charge is 0.356 e. The van der Waals surface area contributed by atoms with E-state index in [0.717, 1.165) is 19.5 Å². The SMILES string of the molecule is CCCCCC(/C=C/CC(=O)NCC(C)C)NCC(C)C. The molecule has 2 N–H and O–H groups in total. The zero-order valence-electron chi connectivity index (χ0n) is 14.7. The van der Waals surface area contributed by atoms with E-state index in [1.165, 1.54) is 19.3 Å². The summed E-state index contributed by atoms with van der Waals surface area (Å²) in [5.41, 5.74) is 0. The number of hydrogen-bond donors (Lipinski definition) is 2. The van der Waals surface area contributed by atoms with Crippen molar-refractivity contribution in [3.05, 3.63) is 12.2 Å². The number of carbonyl (C=O) groups excluding carboxylic acids is 1. The van der Waals surface area contributed by atoms with E-state index < -0.39 is 0 Å². The van der Waals surface area contributed by atoms with Crippen molar-refractivity contribution in [1.82, 2.24) is 10.6 Å². The highest BCUT2D eigenvalue weighted by atomic mass is 16.1. The first-order valence-electron chi connectivity index (χ1n) is 8.62. The maximum Gasteiger partial charge on any atom is 0.223 e. The number of nitrogens with one attached hydrogen (secondary N) is 2. The molecule has 0 rings (SSSR count). The molecule has 0 aliphatic carbocycles. The molecule has 0 aromatic carbocycles. The van der Waals surface area contributed by atoms with Crippen molar-refractivity contribution >= 4 is 5.91 Å². The molecule has 0 spiro atoms. The summed E-state index contributed by atoms with van der Waals surface area (Å²) < 4.78 is 0. The van der Waals surface area contributed by atoms with E-state index in [1.54, 1.807) is 0 Å². The summed E-state index contributed by atoms with van der Waals surface area (Å²) in [7, 11) is 0. The lowest BCUT2D eigenvalue weighted by atomic mass is 10.1. The Labute approximate surface area is 132 Å². The second-order valence-corrected chi connectivity index (χ2v) is 6.73. The Kier molecular flexibility index (Phi) is 12.4. The second kappa shape index (κ2) is 12.9. The maximum atomic E-state index is 11.7. The molecule has 1 atom stereocenters. The number of unbranched alkanes of at least 4 members (excludes halogenated alkanes) is 2. The van der Waals surface area contributed by atoms with E-state index in [9.17, 15) is 4.79 Å². The summed E-state index contributed by atoms with van der Waals surface area (Å²) in [6, 6.07) is 0.400. The van der Waals surface area contributed by atoms with Crippen LogP contribution in [-0.2, 0) is 4.79 Å². The first-order chi connectivity index (χ1) is 9.95. The second-order valence-electron chi connectivity index (χ2n) is 6.73. The summed E-state index contributed by atoms with van der Waals surface area (Å²) in [4.78, 5) is 11.7. The fraction of sp³-hybridized carbons (Fsp3) is 0.833. The molecule has 0 fully saturated rings. The molecule has 0 radical (unpaired) electrons. The molecule has 0 aromatic rings. The van der Waals surface area contributed by atoms with Crippen molar-refractivity contribution in [2.45, 2.75) is 72.8 Å². The number of amides is 1. The van der Waals surface area contributed by atoms with Crippen LogP contribution < -0.4 is 10.6 Å². The Hall–Kier alpha value is -0.830. The lowest BCUT2D eigenvalue weighted by Gasteiger charge is -2.16. The van der Waals surface area contributed by atoms with E-state index in [-0.39, 0.29) is 5.91 Å². The van der Waals surface area contributed by atoms with Crippen LogP contribution in [0.5, 0.6) is 0 Å². The number of rotatable bonds is 12. The molecule has 0 aliphatic rings. The van der Waals surface area contributed by atoms with Gasteiger partial charge >= 0.3 is 0 Å². The molecule has 0 heterocycles. The van der Waals surface area contributed by atoms with E-state index in [2.05, 4.69) is 51.3 Å². The van der Waals surface area contributed by atoms with Crippen LogP contribution in [0.4, 0.5) is 0 Å². The number of hydrogen-bond acceptors (Lipinski definition) is 2. The van der Waals surface area contributed by atoms with E-state index in [4.69, 9.17) is 0 Å². The Morgan fingerprint density at radius 2 is 1.71 bits per heavy atom. The van der Waals surface area contributed by atoms with Crippen LogP contribution in [0.1, 0.15) is 66.7 Å². The molecule has 0 bridgehead atoms. The molecule has 3 nitrogen and oxygen atoms in total. The predicted molar refractivity (Wildman–Crippen MR) is 92.4 cm³/mol. The first kappa shape index (κ1) is 20.2. The molecule has 1 unspecified atom stereocenters. The van der Waals surface area contributed by atoms with Gasteiger partial charge in [0.2, 0.25) is 5.91 Å². The van der Waals surface area contributed by atoms with Gasteiger partial charge in [-0.3, -0.25) is 4.79 Å². The van der Waals surface area contributed by atoms with Crippen molar-refractivity contribution in [2.24, 2.45) is 11.8 Å². The fourth-order valence-electron chi connectivity index (χ4n) is 2.00. The standard InChI is InChI=1S/C18H36N2O/c1-6-7-8-10-17(19-13-15(2)3)11-9-12-18(21)20-14-16(4)5/h9,11,15-17,19H,6-8,10,12-14H2,1-5H3,(H,20,21)/b11-9+. The average molecular weight is 296 g/mol. The minimum atomic E-state index is 0.121. The van der Waals surface area contributed by atoms with Crippen LogP contribution >= 0.6 is 0 Å². The van der Waals surface area contributed by atoms with Crippen LogP contribution in [0.2, 0.25) is 0 Å². The molecule has 0 aliphatic heterocycles. The third-order valence-corrected chi connectivity index (χ3v) is 3.29. The van der Waals surface area contributed by atoms with Gasteiger partial charge in [-0.05, 0) is 24.8 Å². The van der Waals surface area contributed by atoms with Crippen LogP contribution in [-0.4, -0.2) is 25.0 Å². The van der Waals surface area contributed by atoms with Gasteiger partial charge in [0.15, 0.2) is 0 Å². The van der Waals surface area contributed by atoms with Gasteiger partial charge in [-0.25, -0.2) is 0 Å². The Morgan fingerprint density at radius 1 is 1.05 bits per heavy atom. The van der Waals surface area contributed by atoms with Gasteiger partial charge in [-0.1, -0.05) is 66.0 Å². The van der Waals surface area contributed by atoms with E-state index in [1.807, 2.05) is 6.08 Å². The Balaban J connectivity index is 4.10. The molecule has 3 heteroatoms. The molecule has 0 saturated heterocycles. The minimum Gasteiger partial charge on any atom is -0.356 e. The molecular formula is C18H36N2O. The van der Waals surface area contributed by atoms with Crippen molar-refractivity contribution in [2.75, 3.05) is 13.1 Å². The van der Waals surface area contributed by atoms with Gasteiger partial charge in [0.05, 0.1) is 0 Å². The van der Waals surface area contributed by atoms with E-state index in [0.29, 0.717) is 24.3 Å². The third-order valence-electron chi connectivity index (χ3n) is 3.29. The van der Waals surface area contributed by atoms with Gasteiger partial charge in [-0.15, -0.1) is 0 Å². The number of carbonyl (C=O) groups is 1. The summed E-state index contributed by atoms with van der Waals surface area (Å²) >= 11 is 0. The molecule has 0 saturated carbocycles. The predicted octanol–water partition coefficient (Wildman–Crippen LogP) is 3.90. The Bertz CT molecular complexity index is 285. The van der Waals surface area contributed by atoms with Gasteiger partial charge in [0, 0.05) is 19.0 Å². The first-order valence-corrected chi connectivity index (χ1v) is 8.62. The van der Waals surface area contributed by atoms with Crippen molar-refractivity contribution in [3.63, 3.8) is 0 Å². The minimum absolute atomic E-state index is 0.121. The summed E-state index contributed by atoms with van der Waals surface area (Å²) in [5.74, 6) is 1.28. The third kappa shape index (κ3) is 13.9. The van der Waals surface area contributed by atoms with Gasteiger partial charge in [-0.2, -0.15) is 0 Å². The summed E-state index contributed by atoms with van der Waals surface area (Å²) in [5, 5.41) is 6.53. The van der Waals surface area contributed by atoms with Gasteiger partial charge in [0.25, 0.3) is 0 Å². The van der Waals surface area contributed by atoms with Crippen molar-refractivity contribution < 1.29 is 4.79 Å². The quantitative estimate of drug-likeness (QED) is 0.423. The molecule has 124 valence electrons. The van der Waals surface area contributed by atoms with Crippen LogP contribution in [0, 0.1) is 11.8 Å². The van der Waals surface area contributed by atoms with Gasteiger partial charge < -0.3 is 10.6 Å². The van der Waals surface area contributed by atoms with E-state index >= 15 is 0 Å². The van der Waals surface area contributed by atoms with Crippen LogP contribution in [0.15, 0.2) is 12.2 Å². The monoisotopic (exact) mass is 296 g/mol. The van der Waals surface area contributed by atoms with Crippen molar-refractivity contribution in [3.8, 4) is 0 Å². The zero-order chi connectivity index (χ0) is 16.1. The lowest BCUT2D eigenvalue weighted by molar-refractivity contribution is -0.120. The van der Waals surface area contributed by atoms with Gasteiger partial charge in [0.1, 0.15) is 0 Å². The highest BCUT2D eigenvalue weighted by Crippen LogP contribution is 2.06. The topological polar surface area (TPSA) is 41.1 Å². The highest BCUT2D eigenvalue weighted by Gasteiger charge is 2.05. The Morgan fingerprint density at radius 3 is 2.29 bits per heavy atom. The summed E-state index contributed by atoms with van der Waals surface area (Å²) in [6.07, 6.45) is 9.61. The lowest BCUT2D eigenvalue weighted by Crippen LogP contribution is -2.31. The van der Waals surface area contributed by atoms with Crippen LogP contribution in [0.25, 0.3) is 0 Å². The molecule has 21 heavy (non-hydrogen) atoms. The average Bonchev–Trinajstić information content (AvgIpc) is 2.42. The zero-order valence-corrected chi connectivity index (χ0v) is 14.7. The normalized spacial score (nSPS) is 13.3. The van der Waals surface area contributed by atoms with Crippen molar-refractivity contribution in [1.29, 1.82) is 0 Å². The molecule has 1 amide bonds. The smallest absolute Gasteiger partial charge is 0.223 e. The highest BCUT2D eigenvalue weighted by molar-refractivity contribution is 5.77. The fourth-order valence-corrected chi connectivity index (χ4v) is 2.00. The van der Waals surface area contributed by atoms with Crippen LogP contribution in [0.3, 0.4) is 0 Å². The molecule has 0 aromatic heterocycles.